The first-order chi connectivity index (χ1) is 12.1. The van der Waals surface area contributed by atoms with Crippen LogP contribution in [0.5, 0.6) is 0 Å². The maximum absolute atomic E-state index is 10.8. The normalized spacial score (nSPS) is 35.8. The second kappa shape index (κ2) is 7.34. The van der Waals surface area contributed by atoms with Gasteiger partial charge in [0.25, 0.3) is 0 Å². The highest BCUT2D eigenvalue weighted by Gasteiger charge is 2.52. The van der Waals surface area contributed by atoms with E-state index in [0.717, 1.165) is 5.56 Å². The van der Waals surface area contributed by atoms with Crippen LogP contribution < -0.4 is 0 Å². The summed E-state index contributed by atoms with van der Waals surface area (Å²) in [5.74, 6) is 0. The van der Waals surface area contributed by atoms with E-state index in [4.69, 9.17) is 18.6 Å². The van der Waals surface area contributed by atoms with Gasteiger partial charge in [-0.05, 0) is 25.1 Å². The first-order valence-corrected chi connectivity index (χ1v) is 12.3. The van der Waals surface area contributed by atoms with Crippen LogP contribution in [0.15, 0.2) is 30.3 Å². The number of benzene rings is 1. The van der Waals surface area contributed by atoms with Gasteiger partial charge in [-0.25, -0.2) is 0 Å². The molecule has 2 aliphatic rings. The molecule has 0 bridgehead atoms. The van der Waals surface area contributed by atoms with Gasteiger partial charge in [0.05, 0.1) is 12.7 Å². The maximum Gasteiger partial charge on any atom is 0.192 e. The van der Waals surface area contributed by atoms with E-state index in [9.17, 15) is 5.11 Å². The van der Waals surface area contributed by atoms with Crippen molar-refractivity contribution in [3.05, 3.63) is 35.9 Å². The van der Waals surface area contributed by atoms with Crippen molar-refractivity contribution in [3.8, 4) is 0 Å². The van der Waals surface area contributed by atoms with Crippen molar-refractivity contribution in [1.82, 2.24) is 0 Å². The van der Waals surface area contributed by atoms with Gasteiger partial charge >= 0.3 is 0 Å². The Kier molecular flexibility index (Phi) is 5.64. The molecule has 6 heteroatoms. The van der Waals surface area contributed by atoms with Gasteiger partial charge in [-0.2, -0.15) is 0 Å². The van der Waals surface area contributed by atoms with Crippen LogP contribution in [0.25, 0.3) is 0 Å². The third-order valence-corrected chi connectivity index (χ3v) is 10.4. The largest absolute Gasteiger partial charge is 0.408 e. The number of aliphatic hydroxyl groups excluding tert-OH is 1. The molecule has 0 saturated carbocycles. The highest BCUT2D eigenvalue weighted by Crippen LogP contribution is 2.41. The van der Waals surface area contributed by atoms with Crippen molar-refractivity contribution >= 4 is 8.32 Å². The van der Waals surface area contributed by atoms with Crippen LogP contribution >= 0.6 is 0 Å². The topological polar surface area (TPSA) is 57.2 Å². The fourth-order valence-corrected chi connectivity index (χ4v) is 4.52. The van der Waals surface area contributed by atoms with E-state index in [-0.39, 0.29) is 23.4 Å². The van der Waals surface area contributed by atoms with Crippen molar-refractivity contribution in [2.24, 2.45) is 0 Å². The number of rotatable bonds is 3. The van der Waals surface area contributed by atoms with Crippen molar-refractivity contribution in [1.29, 1.82) is 0 Å². The van der Waals surface area contributed by atoms with Gasteiger partial charge in [0, 0.05) is 5.56 Å². The molecule has 0 amide bonds. The number of ether oxygens (including phenoxy) is 3. The minimum absolute atomic E-state index is 0.0494. The van der Waals surface area contributed by atoms with E-state index in [0.29, 0.717) is 6.61 Å². The molecule has 0 radical (unpaired) electrons. The van der Waals surface area contributed by atoms with Gasteiger partial charge in [-0.3, -0.25) is 0 Å². The Hall–Kier alpha value is -0.763. The zero-order chi connectivity index (χ0) is 19.1. The average molecular weight is 381 g/mol. The molecule has 2 aliphatic heterocycles. The Bertz CT molecular complexity index is 600. The minimum Gasteiger partial charge on any atom is -0.408 e. The van der Waals surface area contributed by atoms with E-state index in [1.54, 1.807) is 0 Å². The summed E-state index contributed by atoms with van der Waals surface area (Å²) in [6.07, 6.45) is -2.50. The lowest BCUT2D eigenvalue weighted by Crippen LogP contribution is -2.64. The second-order valence-electron chi connectivity index (χ2n) is 8.89. The van der Waals surface area contributed by atoms with Gasteiger partial charge in [-0.1, -0.05) is 51.1 Å². The molecule has 3 unspecified atom stereocenters. The lowest BCUT2D eigenvalue weighted by molar-refractivity contribution is -0.324. The molecule has 6 atom stereocenters. The van der Waals surface area contributed by atoms with Crippen molar-refractivity contribution in [3.63, 3.8) is 0 Å². The summed E-state index contributed by atoms with van der Waals surface area (Å²) in [6.45, 7) is 13.3. The summed E-state index contributed by atoms with van der Waals surface area (Å²) < 4.78 is 24.7. The Labute approximate surface area is 157 Å². The first-order valence-electron chi connectivity index (χ1n) is 9.43. The molecule has 1 aromatic carbocycles. The molecular weight excluding hydrogens is 348 g/mol. The predicted molar refractivity (Wildman–Crippen MR) is 102 cm³/mol. The summed E-state index contributed by atoms with van der Waals surface area (Å²) >= 11 is 0. The Morgan fingerprint density at radius 1 is 1.12 bits per heavy atom. The standard InChI is InChI=1S/C20H32O5Si/c1-13-16(21)18(25-26(5,6)20(2,3)4)17-15(23-13)12-22-19(24-17)14-10-8-7-9-11-14/h7-11,13,15-19,21H,12H2,1-6H3/t13-,15?,16?,17+,18+,19?/m0/s1. The quantitative estimate of drug-likeness (QED) is 0.812. The van der Waals surface area contributed by atoms with E-state index in [1.807, 2.05) is 37.3 Å². The number of fused-ring (bicyclic) bond motifs is 1. The summed E-state index contributed by atoms with van der Waals surface area (Å²) in [7, 11) is -2.08. The zero-order valence-corrected chi connectivity index (χ0v) is 17.6. The van der Waals surface area contributed by atoms with Gasteiger partial charge in [0.1, 0.15) is 24.4 Å². The van der Waals surface area contributed by atoms with Crippen LogP contribution in [0.2, 0.25) is 18.1 Å². The smallest absolute Gasteiger partial charge is 0.192 e. The molecule has 146 valence electrons. The zero-order valence-electron chi connectivity index (χ0n) is 16.6. The van der Waals surface area contributed by atoms with Crippen LogP contribution in [0.1, 0.15) is 39.5 Å². The lowest BCUT2D eigenvalue weighted by atomic mass is 9.95. The van der Waals surface area contributed by atoms with Gasteiger partial charge in [0.15, 0.2) is 14.6 Å². The van der Waals surface area contributed by atoms with Crippen LogP contribution in [-0.2, 0) is 18.6 Å². The molecule has 3 rings (SSSR count). The molecule has 0 aromatic heterocycles. The molecule has 2 saturated heterocycles. The molecule has 1 aromatic rings. The molecule has 2 heterocycles. The molecule has 0 spiro atoms. The Balaban J connectivity index is 1.83. The van der Waals surface area contributed by atoms with E-state index in [1.165, 1.54) is 0 Å². The van der Waals surface area contributed by atoms with Crippen LogP contribution in [-0.4, -0.2) is 50.6 Å². The highest BCUT2D eigenvalue weighted by atomic mass is 28.4. The van der Waals surface area contributed by atoms with Crippen molar-refractivity contribution in [2.75, 3.05) is 6.61 Å². The Morgan fingerprint density at radius 2 is 1.77 bits per heavy atom. The first kappa shape index (κ1) is 20.0. The minimum atomic E-state index is -2.08. The summed E-state index contributed by atoms with van der Waals surface area (Å²) in [4.78, 5) is 0. The molecule has 1 N–H and O–H groups in total. The highest BCUT2D eigenvalue weighted by molar-refractivity contribution is 6.74. The summed E-state index contributed by atoms with van der Waals surface area (Å²) in [6, 6.07) is 9.86. The van der Waals surface area contributed by atoms with Crippen LogP contribution in [0, 0.1) is 0 Å². The van der Waals surface area contributed by atoms with E-state index < -0.39 is 26.8 Å². The number of hydrogen-bond donors (Lipinski definition) is 1. The SMILES string of the molecule is C[C@@H]1OC2COC(c3ccccc3)O[C@H]2[C@H](O[Si](C)(C)C(C)(C)C)C1O. The third kappa shape index (κ3) is 3.91. The van der Waals surface area contributed by atoms with Crippen LogP contribution in [0.3, 0.4) is 0 Å². The monoisotopic (exact) mass is 380 g/mol. The number of hydrogen-bond acceptors (Lipinski definition) is 5. The van der Waals surface area contributed by atoms with E-state index >= 15 is 0 Å². The van der Waals surface area contributed by atoms with Crippen LogP contribution in [0.4, 0.5) is 0 Å². The van der Waals surface area contributed by atoms with Gasteiger partial charge < -0.3 is 23.7 Å². The summed E-state index contributed by atoms with van der Waals surface area (Å²) in [5.41, 5.74) is 0.963. The molecule has 0 aliphatic carbocycles. The maximum atomic E-state index is 10.8. The van der Waals surface area contributed by atoms with Crippen molar-refractivity contribution < 1.29 is 23.7 Å². The second-order valence-corrected chi connectivity index (χ2v) is 13.6. The van der Waals surface area contributed by atoms with Crippen molar-refractivity contribution in [2.45, 2.75) is 82.6 Å². The predicted octanol–water partition coefficient (Wildman–Crippen LogP) is 3.64. The van der Waals surface area contributed by atoms with Gasteiger partial charge in [-0.15, -0.1) is 0 Å². The third-order valence-electron chi connectivity index (χ3n) is 5.90. The average Bonchev–Trinajstić information content (AvgIpc) is 2.58. The molecule has 26 heavy (non-hydrogen) atoms. The molecular formula is C20H32O5Si. The van der Waals surface area contributed by atoms with E-state index in [2.05, 4.69) is 33.9 Å². The Morgan fingerprint density at radius 3 is 2.38 bits per heavy atom. The fourth-order valence-electron chi connectivity index (χ4n) is 3.21. The molecule has 2 fully saturated rings. The summed E-state index contributed by atoms with van der Waals surface area (Å²) in [5, 5.41) is 10.9. The van der Waals surface area contributed by atoms with Gasteiger partial charge in [0.2, 0.25) is 0 Å². The molecule has 5 nitrogen and oxygen atoms in total. The fraction of sp³-hybridized carbons (Fsp3) is 0.700. The number of aliphatic hydroxyl groups is 1. The lowest BCUT2D eigenvalue weighted by Gasteiger charge is -2.50.